The van der Waals surface area contributed by atoms with Crippen LogP contribution in [0.3, 0.4) is 0 Å². The van der Waals surface area contributed by atoms with Crippen LogP contribution in [-0.4, -0.2) is 59.8 Å². The summed E-state index contributed by atoms with van der Waals surface area (Å²) in [4.78, 5) is 5.36. The van der Waals surface area contributed by atoms with E-state index in [0.717, 1.165) is 24.3 Å². The van der Waals surface area contributed by atoms with Gasteiger partial charge in [-0.2, -0.15) is 0 Å². The van der Waals surface area contributed by atoms with Gasteiger partial charge in [-0.1, -0.05) is 13.8 Å². The van der Waals surface area contributed by atoms with Crippen molar-refractivity contribution in [3.8, 4) is 0 Å². The fourth-order valence-electron chi connectivity index (χ4n) is 5.21. The zero-order chi connectivity index (χ0) is 19.4. The van der Waals surface area contributed by atoms with Gasteiger partial charge in [-0.25, -0.2) is 0 Å². The van der Waals surface area contributed by atoms with E-state index in [1.54, 1.807) is 0 Å². The van der Waals surface area contributed by atoms with Crippen molar-refractivity contribution >= 4 is 0 Å². The van der Waals surface area contributed by atoms with Crippen LogP contribution in [0.5, 0.6) is 0 Å². The first-order valence-corrected chi connectivity index (χ1v) is 11.3. The molecule has 2 aliphatic heterocycles. The molecule has 0 bridgehead atoms. The standard InChI is InChI=1S/C23H46N2O/c1-16(2)24-12-11-22(14-24)21(8)18(5)9-10-19(6)25-15-23(13-20(25)7)26-17(3)4/h16-23H,9-15H2,1-8H3/t18?,19?,20-,21?,22+,23+/m1/s1. The molecule has 0 radical (unpaired) electrons. The number of hydrogen-bond donors (Lipinski definition) is 0. The van der Waals surface area contributed by atoms with Crippen molar-refractivity contribution in [2.24, 2.45) is 17.8 Å². The summed E-state index contributed by atoms with van der Waals surface area (Å²) >= 11 is 0. The van der Waals surface area contributed by atoms with E-state index in [1.165, 1.54) is 38.8 Å². The maximum absolute atomic E-state index is 6.08. The van der Waals surface area contributed by atoms with Gasteiger partial charge in [-0.05, 0) is 91.5 Å². The molecule has 3 heteroatoms. The van der Waals surface area contributed by atoms with Crippen LogP contribution in [0, 0.1) is 17.8 Å². The average molecular weight is 367 g/mol. The van der Waals surface area contributed by atoms with Crippen LogP contribution in [0.15, 0.2) is 0 Å². The van der Waals surface area contributed by atoms with Crippen molar-refractivity contribution in [3.63, 3.8) is 0 Å². The zero-order valence-electron chi connectivity index (χ0n) is 18.9. The van der Waals surface area contributed by atoms with Crippen LogP contribution < -0.4 is 0 Å². The molecule has 2 heterocycles. The van der Waals surface area contributed by atoms with E-state index in [9.17, 15) is 0 Å². The predicted octanol–water partition coefficient (Wildman–Crippen LogP) is 5.05. The van der Waals surface area contributed by atoms with Crippen LogP contribution in [0.4, 0.5) is 0 Å². The van der Waals surface area contributed by atoms with Gasteiger partial charge in [-0.3, -0.25) is 4.90 Å². The van der Waals surface area contributed by atoms with Crippen LogP contribution in [0.1, 0.15) is 81.1 Å². The van der Waals surface area contributed by atoms with Gasteiger partial charge in [0.15, 0.2) is 0 Å². The fraction of sp³-hybridized carbons (Fsp3) is 1.00. The molecule has 0 aliphatic carbocycles. The van der Waals surface area contributed by atoms with Gasteiger partial charge in [0, 0.05) is 31.2 Å². The monoisotopic (exact) mass is 366 g/mol. The molecule has 2 aliphatic rings. The minimum absolute atomic E-state index is 0.347. The van der Waals surface area contributed by atoms with Crippen molar-refractivity contribution in [1.82, 2.24) is 9.80 Å². The Hall–Kier alpha value is -0.120. The lowest BCUT2D eigenvalue weighted by atomic mass is 9.80. The highest BCUT2D eigenvalue weighted by atomic mass is 16.5. The van der Waals surface area contributed by atoms with Crippen LogP contribution in [0.25, 0.3) is 0 Å². The van der Waals surface area contributed by atoms with E-state index in [2.05, 4.69) is 65.2 Å². The molecule has 2 saturated heterocycles. The molecule has 26 heavy (non-hydrogen) atoms. The smallest absolute Gasteiger partial charge is 0.0720 e. The molecule has 154 valence electrons. The predicted molar refractivity (Wildman–Crippen MR) is 113 cm³/mol. The molecule has 3 unspecified atom stereocenters. The lowest BCUT2D eigenvalue weighted by Crippen LogP contribution is -2.37. The minimum atomic E-state index is 0.347. The maximum Gasteiger partial charge on any atom is 0.0720 e. The molecule has 2 rings (SSSR count). The Labute approximate surface area is 163 Å². The summed E-state index contributed by atoms with van der Waals surface area (Å²) in [5.41, 5.74) is 0. The van der Waals surface area contributed by atoms with Gasteiger partial charge in [0.25, 0.3) is 0 Å². The summed E-state index contributed by atoms with van der Waals surface area (Å²) in [7, 11) is 0. The molecule has 0 spiro atoms. The Kier molecular flexibility index (Phi) is 8.43. The van der Waals surface area contributed by atoms with Gasteiger partial charge in [0.2, 0.25) is 0 Å². The van der Waals surface area contributed by atoms with E-state index in [-0.39, 0.29) is 0 Å². The Morgan fingerprint density at radius 3 is 2.23 bits per heavy atom. The molecule has 2 fully saturated rings. The Morgan fingerprint density at radius 2 is 1.65 bits per heavy atom. The first-order valence-electron chi connectivity index (χ1n) is 11.3. The largest absolute Gasteiger partial charge is 0.374 e. The van der Waals surface area contributed by atoms with E-state index >= 15 is 0 Å². The lowest BCUT2D eigenvalue weighted by Gasteiger charge is -2.31. The van der Waals surface area contributed by atoms with Crippen molar-refractivity contribution in [2.45, 2.75) is 111 Å². The third-order valence-electron chi connectivity index (χ3n) is 7.28. The number of rotatable bonds is 9. The molecule has 6 atom stereocenters. The Morgan fingerprint density at radius 1 is 0.962 bits per heavy atom. The average Bonchev–Trinajstić information content (AvgIpc) is 3.18. The normalized spacial score (nSPS) is 31.8. The molecular weight excluding hydrogens is 320 g/mol. The van der Waals surface area contributed by atoms with Crippen molar-refractivity contribution < 1.29 is 4.74 Å². The van der Waals surface area contributed by atoms with E-state index < -0.39 is 0 Å². The SMILES string of the molecule is CC(C)O[C@H]1C[C@@H](C)N(C(C)CCC(C)C(C)[C@H]2CCN(C(C)C)C2)C1. The molecule has 0 aromatic heterocycles. The summed E-state index contributed by atoms with van der Waals surface area (Å²) in [6, 6.07) is 2.05. The van der Waals surface area contributed by atoms with E-state index in [1.807, 2.05) is 0 Å². The van der Waals surface area contributed by atoms with Crippen molar-refractivity contribution in [1.29, 1.82) is 0 Å². The number of ether oxygens (including phenoxy) is 1. The molecule has 0 aromatic carbocycles. The summed E-state index contributed by atoms with van der Waals surface area (Å²) in [6.07, 6.45) is 6.06. The summed E-state index contributed by atoms with van der Waals surface area (Å²) in [5, 5.41) is 0. The van der Waals surface area contributed by atoms with Crippen LogP contribution in [-0.2, 0) is 4.74 Å². The fourth-order valence-corrected chi connectivity index (χ4v) is 5.21. The highest BCUT2D eigenvalue weighted by Crippen LogP contribution is 2.33. The second-order valence-electron chi connectivity index (χ2n) is 9.99. The first-order chi connectivity index (χ1) is 12.2. The number of hydrogen-bond acceptors (Lipinski definition) is 3. The topological polar surface area (TPSA) is 15.7 Å². The summed E-state index contributed by atoms with van der Waals surface area (Å²) in [5.74, 6) is 2.58. The van der Waals surface area contributed by atoms with Gasteiger partial charge < -0.3 is 9.64 Å². The molecule has 0 N–H and O–H groups in total. The molecule has 3 nitrogen and oxygen atoms in total. The number of nitrogens with zero attached hydrogens (tertiary/aromatic N) is 2. The summed E-state index contributed by atoms with van der Waals surface area (Å²) in [6.45, 7) is 22.5. The third kappa shape index (κ3) is 5.94. The molecule has 0 amide bonds. The van der Waals surface area contributed by atoms with Gasteiger partial charge in [0.1, 0.15) is 0 Å². The highest BCUT2D eigenvalue weighted by molar-refractivity contribution is 4.88. The van der Waals surface area contributed by atoms with Gasteiger partial charge in [0.05, 0.1) is 12.2 Å². The second-order valence-corrected chi connectivity index (χ2v) is 9.99. The maximum atomic E-state index is 6.08. The third-order valence-corrected chi connectivity index (χ3v) is 7.28. The minimum Gasteiger partial charge on any atom is -0.374 e. The van der Waals surface area contributed by atoms with Gasteiger partial charge >= 0.3 is 0 Å². The molecule has 0 saturated carbocycles. The van der Waals surface area contributed by atoms with Gasteiger partial charge in [-0.15, -0.1) is 0 Å². The Balaban J connectivity index is 1.75. The quantitative estimate of drug-likeness (QED) is 0.568. The highest BCUT2D eigenvalue weighted by Gasteiger charge is 2.34. The Bertz CT molecular complexity index is 411. The van der Waals surface area contributed by atoms with Crippen molar-refractivity contribution in [2.75, 3.05) is 19.6 Å². The van der Waals surface area contributed by atoms with Crippen LogP contribution >= 0.6 is 0 Å². The van der Waals surface area contributed by atoms with Crippen LogP contribution in [0.2, 0.25) is 0 Å². The second kappa shape index (κ2) is 9.89. The van der Waals surface area contributed by atoms with Crippen molar-refractivity contribution in [3.05, 3.63) is 0 Å². The molecule has 0 aromatic rings. The van der Waals surface area contributed by atoms with E-state index in [4.69, 9.17) is 4.74 Å². The molecular formula is C23H46N2O. The number of likely N-dealkylation sites (tertiary alicyclic amines) is 2. The van der Waals surface area contributed by atoms with E-state index in [0.29, 0.717) is 30.3 Å². The summed E-state index contributed by atoms with van der Waals surface area (Å²) < 4.78 is 6.08. The first kappa shape index (κ1) is 22.2. The lowest BCUT2D eigenvalue weighted by molar-refractivity contribution is 0.0116. The zero-order valence-corrected chi connectivity index (χ0v) is 18.9.